The smallest absolute Gasteiger partial charge is 0.0956 e. The molecule has 0 aliphatic carbocycles. The number of nitrogens with zero attached hydrogens (tertiary/aromatic N) is 8. The van der Waals surface area contributed by atoms with Gasteiger partial charge in [0.25, 0.3) is 0 Å². The second kappa shape index (κ2) is 20.7. The maximum Gasteiger partial charge on any atom is 0.0956 e. The van der Waals surface area contributed by atoms with Gasteiger partial charge in [-0.3, -0.25) is 0 Å². The molecular weight excluding hydrogens is 1010 g/mol. The number of ether oxygens (including phenoxy) is 4. The summed E-state index contributed by atoms with van der Waals surface area (Å²) in [5.74, 6) is 0.196. The van der Waals surface area contributed by atoms with E-state index in [0.717, 1.165) is 22.8 Å². The summed E-state index contributed by atoms with van der Waals surface area (Å²) in [6.07, 6.45) is 17.8. The fourth-order valence-electron chi connectivity index (χ4n) is 14.3. The van der Waals surface area contributed by atoms with Gasteiger partial charge < -0.3 is 57.6 Å². The molecule has 0 amide bonds. The van der Waals surface area contributed by atoms with Crippen molar-refractivity contribution in [3.63, 3.8) is 0 Å². The van der Waals surface area contributed by atoms with Crippen molar-refractivity contribution in [2.45, 2.75) is 99.9 Å². The number of benzene rings is 4. The van der Waals surface area contributed by atoms with Gasteiger partial charge in [0.15, 0.2) is 0 Å². The van der Waals surface area contributed by atoms with E-state index in [1.165, 1.54) is 44.5 Å². The van der Waals surface area contributed by atoms with Gasteiger partial charge in [0, 0.05) is 72.4 Å². The lowest BCUT2D eigenvalue weighted by molar-refractivity contribution is -0.112. The molecular formula is C64H72N8O8. The molecule has 16 rings (SSSR count). The molecule has 12 atom stereocenters. The normalized spacial score (nSPS) is 31.9. The first-order valence-electron chi connectivity index (χ1n) is 28.4. The third-order valence-corrected chi connectivity index (χ3v) is 19.0. The fourth-order valence-corrected chi connectivity index (χ4v) is 14.3. The van der Waals surface area contributed by atoms with Crippen LogP contribution in [0.1, 0.15) is 99.8 Å². The molecule has 4 aromatic carbocycles. The molecule has 8 aliphatic rings. The molecule has 80 heavy (non-hydrogen) atoms. The summed E-state index contributed by atoms with van der Waals surface area (Å²) in [7, 11) is 0. The van der Waals surface area contributed by atoms with E-state index in [4.69, 9.17) is 18.9 Å². The number of rotatable bonds is 4. The predicted octanol–water partition coefficient (Wildman–Crippen LogP) is 8.96. The quantitative estimate of drug-likeness (QED) is 0.131. The number of aliphatic hydroxyl groups is 4. The standard InChI is InChI=1S/4C16H18N2O2/c4*1-16(19)6-7-20-9-13(16)15-12-5-3-2-4-11(12)14-8-17-10-18(14)15/h4*2-5,8,10,13,15,19H,6-7,9H2,1H3/t2*13-,15+,16+;2*13-,15+,16-/m1010/s1. The Morgan fingerprint density at radius 1 is 0.350 bits per heavy atom. The van der Waals surface area contributed by atoms with Crippen molar-refractivity contribution in [1.29, 1.82) is 0 Å². The van der Waals surface area contributed by atoms with E-state index < -0.39 is 22.4 Å². The van der Waals surface area contributed by atoms with Gasteiger partial charge in [0.2, 0.25) is 0 Å². The van der Waals surface area contributed by atoms with Crippen LogP contribution < -0.4 is 0 Å². The van der Waals surface area contributed by atoms with Crippen LogP contribution in [0.5, 0.6) is 0 Å². The fraction of sp³-hybridized carbons (Fsp3) is 0.438. The topological polar surface area (TPSA) is 189 Å². The minimum Gasteiger partial charge on any atom is -0.390 e. The Kier molecular flexibility index (Phi) is 13.7. The highest BCUT2D eigenvalue weighted by Gasteiger charge is 2.49. The van der Waals surface area contributed by atoms with Crippen molar-refractivity contribution in [2.75, 3.05) is 52.9 Å². The molecule has 12 heterocycles. The van der Waals surface area contributed by atoms with Crippen molar-refractivity contribution < 1.29 is 39.4 Å². The maximum absolute atomic E-state index is 10.8. The number of fused-ring (bicyclic) bond motifs is 12. The van der Waals surface area contributed by atoms with Crippen LogP contribution in [0.15, 0.2) is 147 Å². The van der Waals surface area contributed by atoms with Gasteiger partial charge in [-0.15, -0.1) is 0 Å². The van der Waals surface area contributed by atoms with E-state index >= 15 is 0 Å². The van der Waals surface area contributed by atoms with E-state index in [0.29, 0.717) is 78.5 Å². The summed E-state index contributed by atoms with van der Waals surface area (Å²) in [5, 5.41) is 43.1. The average Bonchev–Trinajstić information content (AvgIpc) is 4.36. The summed E-state index contributed by atoms with van der Waals surface area (Å²) in [5.41, 5.74) is 11.6. The molecule has 4 saturated heterocycles. The Bertz CT molecular complexity index is 3040. The van der Waals surface area contributed by atoms with Crippen LogP contribution in [0, 0.1) is 23.7 Å². The molecule has 0 saturated carbocycles. The Hall–Kier alpha value is -6.60. The molecule has 8 aliphatic heterocycles. The van der Waals surface area contributed by atoms with Gasteiger partial charge >= 0.3 is 0 Å². The zero-order chi connectivity index (χ0) is 55.0. The monoisotopic (exact) mass is 1080 g/mol. The van der Waals surface area contributed by atoms with Gasteiger partial charge in [0.05, 0.1) is 146 Å². The molecule has 0 unspecified atom stereocenters. The van der Waals surface area contributed by atoms with Crippen molar-refractivity contribution in [2.24, 2.45) is 23.7 Å². The van der Waals surface area contributed by atoms with Crippen LogP contribution in [0.3, 0.4) is 0 Å². The van der Waals surface area contributed by atoms with Gasteiger partial charge in [-0.1, -0.05) is 97.1 Å². The summed E-state index contributed by atoms with van der Waals surface area (Å²) in [6.45, 7) is 12.6. The van der Waals surface area contributed by atoms with Gasteiger partial charge in [-0.2, -0.15) is 0 Å². The van der Waals surface area contributed by atoms with Crippen LogP contribution >= 0.6 is 0 Å². The summed E-state index contributed by atoms with van der Waals surface area (Å²) < 4.78 is 31.3. The number of hydrogen-bond donors (Lipinski definition) is 4. The average molecular weight is 1080 g/mol. The van der Waals surface area contributed by atoms with Crippen LogP contribution in [-0.4, -0.2) is 134 Å². The minimum atomic E-state index is -0.706. The lowest BCUT2D eigenvalue weighted by Crippen LogP contribution is -2.46. The minimum absolute atomic E-state index is 0.0489. The van der Waals surface area contributed by atoms with Gasteiger partial charge in [0.1, 0.15) is 0 Å². The third-order valence-electron chi connectivity index (χ3n) is 19.0. The number of aromatic nitrogens is 8. The molecule has 0 spiro atoms. The zero-order valence-electron chi connectivity index (χ0n) is 46.0. The molecule has 0 radical (unpaired) electrons. The summed E-state index contributed by atoms with van der Waals surface area (Å²) in [6, 6.07) is 34.0. The molecule has 8 aromatic rings. The van der Waals surface area contributed by atoms with Crippen molar-refractivity contribution in [3.8, 4) is 45.0 Å². The maximum atomic E-state index is 10.8. The first-order chi connectivity index (χ1) is 38.7. The Labute approximate surface area is 466 Å². The zero-order valence-corrected chi connectivity index (χ0v) is 46.0. The van der Waals surface area contributed by atoms with E-state index in [1.807, 2.05) is 102 Å². The van der Waals surface area contributed by atoms with Crippen LogP contribution in [0.25, 0.3) is 45.0 Å². The third kappa shape index (κ3) is 9.08. The Morgan fingerprint density at radius 2 is 0.562 bits per heavy atom. The molecule has 4 aromatic heterocycles. The first-order valence-corrected chi connectivity index (χ1v) is 28.4. The van der Waals surface area contributed by atoms with Crippen molar-refractivity contribution in [1.82, 2.24) is 38.2 Å². The van der Waals surface area contributed by atoms with Crippen LogP contribution in [-0.2, 0) is 18.9 Å². The highest BCUT2D eigenvalue weighted by atomic mass is 16.5. The van der Waals surface area contributed by atoms with Gasteiger partial charge in [-0.05, 0) is 75.6 Å². The lowest BCUT2D eigenvalue weighted by atomic mass is 9.78. The van der Waals surface area contributed by atoms with Gasteiger partial charge in [-0.25, -0.2) is 19.9 Å². The first kappa shape index (κ1) is 52.8. The van der Waals surface area contributed by atoms with E-state index in [9.17, 15) is 20.4 Å². The predicted molar refractivity (Wildman–Crippen MR) is 301 cm³/mol. The van der Waals surface area contributed by atoms with Crippen molar-refractivity contribution >= 4 is 0 Å². The molecule has 416 valence electrons. The van der Waals surface area contributed by atoms with Crippen LogP contribution in [0.2, 0.25) is 0 Å². The summed E-state index contributed by atoms with van der Waals surface area (Å²) >= 11 is 0. The van der Waals surface area contributed by atoms with E-state index in [2.05, 4.69) is 111 Å². The van der Waals surface area contributed by atoms with E-state index in [1.54, 1.807) is 0 Å². The Morgan fingerprint density at radius 3 is 0.775 bits per heavy atom. The number of imidazole rings is 4. The number of hydrogen-bond acceptors (Lipinski definition) is 12. The largest absolute Gasteiger partial charge is 0.390 e. The highest BCUT2D eigenvalue weighted by molar-refractivity contribution is 5.72. The molecule has 16 nitrogen and oxygen atoms in total. The second-order valence-electron chi connectivity index (χ2n) is 24.0. The SMILES string of the molecule is C[C@@]1(O)CCOC[C@@H]1[C@@H]1c2ccccc2-c2cncn21.C[C@@]1(O)CCOC[C@H]1[C@H]1c2ccccc2-c2cncn21.C[C@]1(O)CCOC[C@@H]1[C@@H]1c2ccccc2-c2cncn21.C[C@]1(O)CCOC[C@H]1[C@H]1c2ccccc2-c2cncn21. The van der Waals surface area contributed by atoms with Crippen LogP contribution in [0.4, 0.5) is 0 Å². The molecule has 4 fully saturated rings. The Balaban J connectivity index is 0.000000101. The second-order valence-corrected chi connectivity index (χ2v) is 24.0. The molecule has 16 heteroatoms. The highest BCUT2D eigenvalue weighted by Crippen LogP contribution is 2.51. The lowest BCUT2D eigenvalue weighted by Gasteiger charge is -2.41. The van der Waals surface area contributed by atoms with Crippen molar-refractivity contribution in [3.05, 3.63) is 169 Å². The molecule has 4 N–H and O–H groups in total. The molecule has 0 bridgehead atoms. The summed E-state index contributed by atoms with van der Waals surface area (Å²) in [4.78, 5) is 17.1. The van der Waals surface area contributed by atoms with E-state index in [-0.39, 0.29) is 47.8 Å².